The number of ether oxygens (including phenoxy) is 1. The van der Waals surface area contributed by atoms with Crippen molar-refractivity contribution in [1.29, 1.82) is 0 Å². The van der Waals surface area contributed by atoms with Crippen LogP contribution in [0.2, 0.25) is 0 Å². The number of anilines is 2. The minimum absolute atomic E-state index is 0.0209. The number of benzene rings is 3. The minimum atomic E-state index is -0.408. The highest BCUT2D eigenvalue weighted by Gasteiger charge is 2.14. The average molecular weight is 431 g/mol. The predicted molar refractivity (Wildman–Crippen MR) is 127 cm³/mol. The first-order valence-corrected chi connectivity index (χ1v) is 10.2. The van der Waals surface area contributed by atoms with E-state index in [9.17, 15) is 14.7 Å². The van der Waals surface area contributed by atoms with Crippen LogP contribution >= 0.6 is 0 Å². The van der Waals surface area contributed by atoms with E-state index in [0.29, 0.717) is 22.7 Å². The molecule has 0 bridgehead atoms. The Morgan fingerprint density at radius 2 is 1.59 bits per heavy atom. The number of hydrogen-bond donors (Lipinski definition) is 3. The molecule has 0 heterocycles. The number of phenolic OH excluding ortho intramolecular Hbond substituents is 1. The van der Waals surface area contributed by atoms with E-state index in [1.54, 1.807) is 30.3 Å². The van der Waals surface area contributed by atoms with Gasteiger partial charge in [-0.25, -0.2) is 0 Å². The van der Waals surface area contributed by atoms with Gasteiger partial charge in [0.15, 0.2) is 0 Å². The molecule has 0 atom stereocenters. The molecular formula is C26H26N2O4. The van der Waals surface area contributed by atoms with Crippen LogP contribution in [-0.2, 0) is 11.4 Å². The first kappa shape index (κ1) is 22.6. The number of allylic oxidation sites excluding steroid dienone is 2. The molecule has 0 spiro atoms. The van der Waals surface area contributed by atoms with Crippen molar-refractivity contribution in [3.63, 3.8) is 0 Å². The molecule has 6 nitrogen and oxygen atoms in total. The molecular weight excluding hydrogens is 404 g/mol. The Hall–Kier alpha value is -4.06. The molecule has 0 aliphatic carbocycles. The summed E-state index contributed by atoms with van der Waals surface area (Å²) in [5, 5.41) is 15.8. The van der Waals surface area contributed by atoms with E-state index in [1.807, 2.05) is 56.3 Å². The van der Waals surface area contributed by atoms with Crippen LogP contribution in [0.4, 0.5) is 11.4 Å². The maximum atomic E-state index is 12.8. The fraction of sp³-hybridized carbons (Fsp3) is 0.154. The number of phenols is 1. The number of carbonyl (C=O) groups excluding carboxylic acids is 2. The molecule has 0 aliphatic heterocycles. The third-order valence-corrected chi connectivity index (χ3v) is 4.93. The molecule has 0 unspecified atom stereocenters. The lowest BCUT2D eigenvalue weighted by Crippen LogP contribution is -2.13. The van der Waals surface area contributed by atoms with Gasteiger partial charge in [-0.1, -0.05) is 42.5 Å². The van der Waals surface area contributed by atoms with Gasteiger partial charge in [0.05, 0.1) is 11.4 Å². The van der Waals surface area contributed by atoms with Gasteiger partial charge in [0.25, 0.3) is 5.91 Å². The van der Waals surface area contributed by atoms with Crippen LogP contribution in [0.3, 0.4) is 0 Å². The maximum absolute atomic E-state index is 12.8. The highest BCUT2D eigenvalue weighted by Crippen LogP contribution is 2.30. The molecule has 164 valence electrons. The molecule has 3 aromatic rings. The van der Waals surface area contributed by atoms with Gasteiger partial charge in [-0.2, -0.15) is 0 Å². The smallest absolute Gasteiger partial charge is 0.255 e. The summed E-state index contributed by atoms with van der Waals surface area (Å²) in [6, 6.07) is 19.5. The monoisotopic (exact) mass is 430 g/mol. The summed E-state index contributed by atoms with van der Waals surface area (Å²) in [7, 11) is 0. The van der Waals surface area contributed by atoms with Crippen molar-refractivity contribution >= 4 is 28.8 Å². The van der Waals surface area contributed by atoms with Crippen LogP contribution in [0.15, 0.2) is 72.8 Å². The zero-order valence-corrected chi connectivity index (χ0v) is 18.3. The first-order chi connectivity index (χ1) is 15.4. The third kappa shape index (κ3) is 5.76. The van der Waals surface area contributed by atoms with Crippen molar-refractivity contribution in [3.8, 4) is 11.5 Å². The van der Waals surface area contributed by atoms with Gasteiger partial charge >= 0.3 is 0 Å². The summed E-state index contributed by atoms with van der Waals surface area (Å²) >= 11 is 0. The fourth-order valence-electron chi connectivity index (χ4n) is 3.06. The normalized spacial score (nSPS) is 11.0. The van der Waals surface area contributed by atoms with Crippen LogP contribution in [0.1, 0.15) is 42.3 Å². The molecule has 0 aromatic heterocycles. The SMILES string of the molecule is CC=C(C)c1ccc(NC(=O)c2ccc(NC(C)=O)c(OCc3ccccc3)c2)c(O)c1. The molecule has 0 fully saturated rings. The number of aromatic hydroxyl groups is 1. The summed E-state index contributed by atoms with van der Waals surface area (Å²) in [5.74, 6) is -0.296. The number of nitrogens with one attached hydrogen (secondary N) is 2. The Morgan fingerprint density at radius 3 is 2.25 bits per heavy atom. The highest BCUT2D eigenvalue weighted by atomic mass is 16.5. The van der Waals surface area contributed by atoms with E-state index >= 15 is 0 Å². The Morgan fingerprint density at radius 1 is 0.906 bits per heavy atom. The lowest BCUT2D eigenvalue weighted by molar-refractivity contribution is -0.114. The van der Waals surface area contributed by atoms with E-state index in [2.05, 4.69) is 10.6 Å². The third-order valence-electron chi connectivity index (χ3n) is 4.93. The van der Waals surface area contributed by atoms with Gasteiger partial charge in [0.2, 0.25) is 5.91 Å². The van der Waals surface area contributed by atoms with Crippen molar-refractivity contribution in [3.05, 3.63) is 89.5 Å². The van der Waals surface area contributed by atoms with Gasteiger partial charge < -0.3 is 20.5 Å². The topological polar surface area (TPSA) is 87.7 Å². The van der Waals surface area contributed by atoms with E-state index in [-0.39, 0.29) is 18.3 Å². The van der Waals surface area contributed by atoms with E-state index < -0.39 is 5.91 Å². The van der Waals surface area contributed by atoms with Gasteiger partial charge in [-0.05, 0) is 60.9 Å². The van der Waals surface area contributed by atoms with Crippen LogP contribution in [0.25, 0.3) is 5.57 Å². The number of rotatable bonds is 7. The van der Waals surface area contributed by atoms with E-state index in [4.69, 9.17) is 4.74 Å². The van der Waals surface area contributed by atoms with Crippen LogP contribution < -0.4 is 15.4 Å². The zero-order chi connectivity index (χ0) is 23.1. The zero-order valence-electron chi connectivity index (χ0n) is 18.3. The maximum Gasteiger partial charge on any atom is 0.255 e. The standard InChI is InChI=1S/C26H26N2O4/c1-4-17(2)20-10-12-22(24(30)14-20)28-26(31)21-11-13-23(27-18(3)29)25(15-21)32-16-19-8-6-5-7-9-19/h4-15,30H,16H2,1-3H3,(H,27,29)(H,28,31). The molecule has 0 saturated carbocycles. The van der Waals surface area contributed by atoms with Crippen molar-refractivity contribution in [2.45, 2.75) is 27.4 Å². The average Bonchev–Trinajstić information content (AvgIpc) is 2.79. The number of carbonyl (C=O) groups is 2. The molecule has 0 saturated heterocycles. The molecule has 3 rings (SSSR count). The molecule has 3 N–H and O–H groups in total. The van der Waals surface area contributed by atoms with Crippen LogP contribution in [0.5, 0.6) is 11.5 Å². The summed E-state index contributed by atoms with van der Waals surface area (Å²) in [6.07, 6.45) is 1.95. The van der Waals surface area contributed by atoms with Crippen molar-refractivity contribution < 1.29 is 19.4 Å². The Labute approximate surface area is 187 Å². The van der Waals surface area contributed by atoms with Crippen LogP contribution in [0, 0.1) is 0 Å². The first-order valence-electron chi connectivity index (χ1n) is 10.2. The minimum Gasteiger partial charge on any atom is -0.506 e. The molecule has 3 aromatic carbocycles. The van der Waals surface area contributed by atoms with Gasteiger partial charge in [0.1, 0.15) is 18.1 Å². The fourth-order valence-corrected chi connectivity index (χ4v) is 3.06. The van der Waals surface area contributed by atoms with Gasteiger partial charge in [0, 0.05) is 12.5 Å². The summed E-state index contributed by atoms with van der Waals surface area (Å²) in [5.41, 5.74) is 3.96. The molecule has 0 aliphatic rings. The Kier molecular flexibility index (Phi) is 7.29. The second kappa shape index (κ2) is 10.3. The molecule has 0 radical (unpaired) electrons. The quantitative estimate of drug-likeness (QED) is 0.426. The van der Waals surface area contributed by atoms with E-state index in [0.717, 1.165) is 16.7 Å². The number of amides is 2. The summed E-state index contributed by atoms with van der Waals surface area (Å²) in [4.78, 5) is 24.4. The second-order valence-corrected chi connectivity index (χ2v) is 7.32. The summed E-state index contributed by atoms with van der Waals surface area (Å²) < 4.78 is 5.89. The largest absolute Gasteiger partial charge is 0.506 e. The second-order valence-electron chi connectivity index (χ2n) is 7.32. The van der Waals surface area contributed by atoms with Crippen molar-refractivity contribution in [2.24, 2.45) is 0 Å². The van der Waals surface area contributed by atoms with Gasteiger partial charge in [-0.15, -0.1) is 0 Å². The lowest BCUT2D eigenvalue weighted by Gasteiger charge is -2.14. The van der Waals surface area contributed by atoms with Crippen LogP contribution in [-0.4, -0.2) is 16.9 Å². The Bertz CT molecular complexity index is 1150. The number of hydrogen-bond acceptors (Lipinski definition) is 4. The molecule has 2 amide bonds. The van der Waals surface area contributed by atoms with Crippen molar-refractivity contribution in [1.82, 2.24) is 0 Å². The lowest BCUT2D eigenvalue weighted by atomic mass is 10.1. The molecule has 32 heavy (non-hydrogen) atoms. The Balaban J connectivity index is 1.82. The predicted octanol–water partition coefficient (Wildman–Crippen LogP) is 5.61. The van der Waals surface area contributed by atoms with Crippen molar-refractivity contribution in [2.75, 3.05) is 10.6 Å². The van der Waals surface area contributed by atoms with Gasteiger partial charge in [-0.3, -0.25) is 9.59 Å². The van der Waals surface area contributed by atoms with E-state index in [1.165, 1.54) is 6.92 Å². The highest BCUT2D eigenvalue weighted by molar-refractivity contribution is 6.06. The summed E-state index contributed by atoms with van der Waals surface area (Å²) in [6.45, 7) is 5.55. The molecule has 6 heteroatoms.